The summed E-state index contributed by atoms with van der Waals surface area (Å²) in [4.78, 5) is 10.5. The van der Waals surface area contributed by atoms with Crippen LogP contribution in [0.4, 0.5) is 0 Å². The maximum absolute atomic E-state index is 10.5. The molecule has 5 heteroatoms. The van der Waals surface area contributed by atoms with Gasteiger partial charge in [-0.15, -0.1) is 11.8 Å². The van der Waals surface area contributed by atoms with E-state index in [2.05, 4.69) is 0 Å². The lowest BCUT2D eigenvalue weighted by Gasteiger charge is -2.06. The summed E-state index contributed by atoms with van der Waals surface area (Å²) in [7, 11) is 0. The Kier molecular flexibility index (Phi) is 4.74. The van der Waals surface area contributed by atoms with E-state index in [9.17, 15) is 4.79 Å². The Bertz CT molecular complexity index is 354. The Balaban J connectivity index is 2.47. The molecule has 1 rings (SSSR count). The van der Waals surface area contributed by atoms with Gasteiger partial charge in [-0.3, -0.25) is 4.79 Å². The van der Waals surface area contributed by atoms with Crippen molar-refractivity contribution in [3.05, 3.63) is 35.9 Å². The number of carbonyl (C=O) groups is 1. The van der Waals surface area contributed by atoms with Crippen LogP contribution in [0.1, 0.15) is 5.56 Å². The Hall–Kier alpha value is -0.910. The number of rotatable bonds is 4. The van der Waals surface area contributed by atoms with Crippen LogP contribution in [-0.4, -0.2) is 27.1 Å². The molecule has 0 amide bonds. The Morgan fingerprint density at radius 1 is 1.47 bits per heavy atom. The van der Waals surface area contributed by atoms with Crippen molar-refractivity contribution in [2.75, 3.05) is 5.75 Å². The average molecular weight is 241 g/mol. The quantitative estimate of drug-likeness (QED) is 0.782. The second-order valence-electron chi connectivity index (χ2n) is 2.91. The summed E-state index contributed by atoms with van der Waals surface area (Å²) < 4.78 is 0.673. The van der Waals surface area contributed by atoms with Gasteiger partial charge in [0.25, 0.3) is 0 Å². The van der Waals surface area contributed by atoms with Crippen molar-refractivity contribution in [1.29, 1.82) is 0 Å². The second kappa shape index (κ2) is 5.85. The molecule has 80 valence electrons. The first kappa shape index (κ1) is 12.2. The second-order valence-corrected chi connectivity index (χ2v) is 4.61. The van der Waals surface area contributed by atoms with Gasteiger partial charge in [0.2, 0.25) is 0 Å². The Morgan fingerprint density at radius 3 is 2.60 bits per heavy atom. The molecule has 0 aliphatic carbocycles. The molecular weight excluding hydrogens is 230 g/mol. The minimum atomic E-state index is -1.00. The highest BCUT2D eigenvalue weighted by Crippen LogP contribution is 2.14. The van der Waals surface area contributed by atoms with E-state index in [0.29, 0.717) is 9.95 Å². The van der Waals surface area contributed by atoms with Gasteiger partial charge in [0.15, 0.2) is 0 Å². The lowest BCUT2D eigenvalue weighted by atomic mass is 10.2. The van der Waals surface area contributed by atoms with Crippen LogP contribution in [0.3, 0.4) is 0 Å². The normalized spacial score (nSPS) is 12.1. The SMILES string of the molecule is NC(CSC(=S)c1ccccc1)C(=O)O. The summed E-state index contributed by atoms with van der Waals surface area (Å²) in [6.45, 7) is 0. The number of benzene rings is 1. The van der Waals surface area contributed by atoms with E-state index in [1.807, 2.05) is 30.3 Å². The van der Waals surface area contributed by atoms with Gasteiger partial charge in [0.1, 0.15) is 6.04 Å². The van der Waals surface area contributed by atoms with Gasteiger partial charge in [-0.2, -0.15) is 0 Å². The van der Waals surface area contributed by atoms with E-state index in [-0.39, 0.29) is 0 Å². The van der Waals surface area contributed by atoms with Crippen molar-refractivity contribution in [2.45, 2.75) is 6.04 Å². The number of aliphatic carboxylic acids is 1. The first-order valence-electron chi connectivity index (χ1n) is 4.32. The van der Waals surface area contributed by atoms with Crippen molar-refractivity contribution in [3.63, 3.8) is 0 Å². The zero-order valence-electron chi connectivity index (χ0n) is 7.92. The van der Waals surface area contributed by atoms with E-state index < -0.39 is 12.0 Å². The van der Waals surface area contributed by atoms with Gasteiger partial charge in [-0.25, -0.2) is 0 Å². The highest BCUT2D eigenvalue weighted by Gasteiger charge is 2.12. The monoisotopic (exact) mass is 241 g/mol. The van der Waals surface area contributed by atoms with Gasteiger partial charge < -0.3 is 10.8 Å². The van der Waals surface area contributed by atoms with Crippen LogP contribution >= 0.6 is 24.0 Å². The number of hydrogen-bond acceptors (Lipinski definition) is 4. The van der Waals surface area contributed by atoms with Gasteiger partial charge in [-0.05, 0) is 5.56 Å². The zero-order chi connectivity index (χ0) is 11.3. The number of hydrogen-bond donors (Lipinski definition) is 2. The van der Waals surface area contributed by atoms with Crippen LogP contribution in [0.5, 0.6) is 0 Å². The standard InChI is InChI=1S/C10H11NO2S2/c11-8(9(12)13)6-15-10(14)7-4-2-1-3-5-7/h1-5,8H,6,11H2,(H,12,13). The van der Waals surface area contributed by atoms with Crippen molar-refractivity contribution >= 4 is 34.1 Å². The Morgan fingerprint density at radius 2 is 2.07 bits per heavy atom. The van der Waals surface area contributed by atoms with E-state index >= 15 is 0 Å². The lowest BCUT2D eigenvalue weighted by molar-refractivity contribution is -0.137. The molecule has 3 N–H and O–H groups in total. The molecule has 1 atom stereocenters. The number of carboxylic acids is 1. The first-order chi connectivity index (χ1) is 7.11. The summed E-state index contributed by atoms with van der Waals surface area (Å²) in [5, 5.41) is 8.58. The molecule has 0 spiro atoms. The highest BCUT2D eigenvalue weighted by atomic mass is 32.2. The molecule has 0 aliphatic rings. The fraction of sp³-hybridized carbons (Fsp3) is 0.200. The third-order valence-corrected chi connectivity index (χ3v) is 3.33. The minimum absolute atomic E-state index is 0.295. The molecule has 0 bridgehead atoms. The maximum atomic E-state index is 10.5. The average Bonchev–Trinajstić information content (AvgIpc) is 2.26. The van der Waals surface area contributed by atoms with Crippen LogP contribution in [-0.2, 0) is 4.79 Å². The minimum Gasteiger partial charge on any atom is -0.480 e. The van der Waals surface area contributed by atoms with Crippen LogP contribution in [0.15, 0.2) is 30.3 Å². The molecule has 0 heterocycles. The number of thiocarbonyl (C=S) groups is 1. The predicted molar refractivity (Wildman–Crippen MR) is 66.2 cm³/mol. The lowest BCUT2D eigenvalue weighted by Crippen LogP contribution is -2.32. The predicted octanol–water partition coefficient (Wildman–Crippen LogP) is 1.51. The first-order valence-corrected chi connectivity index (χ1v) is 5.71. The molecule has 0 aliphatic heterocycles. The third-order valence-electron chi connectivity index (χ3n) is 1.72. The summed E-state index contributed by atoms with van der Waals surface area (Å²) in [6, 6.07) is 8.60. The highest BCUT2D eigenvalue weighted by molar-refractivity contribution is 8.23. The summed E-state index contributed by atoms with van der Waals surface area (Å²) in [5.41, 5.74) is 6.29. The topological polar surface area (TPSA) is 63.3 Å². The zero-order valence-corrected chi connectivity index (χ0v) is 9.55. The summed E-state index contributed by atoms with van der Waals surface area (Å²) >= 11 is 6.43. The molecule has 15 heavy (non-hydrogen) atoms. The fourth-order valence-corrected chi connectivity index (χ4v) is 2.01. The van der Waals surface area contributed by atoms with Crippen LogP contribution in [0, 0.1) is 0 Å². The van der Waals surface area contributed by atoms with Crippen LogP contribution < -0.4 is 5.73 Å². The summed E-state index contributed by atoms with van der Waals surface area (Å²) in [6.07, 6.45) is 0. The van der Waals surface area contributed by atoms with Crippen molar-refractivity contribution in [1.82, 2.24) is 0 Å². The molecule has 0 saturated carbocycles. The maximum Gasteiger partial charge on any atom is 0.321 e. The van der Waals surface area contributed by atoms with E-state index in [1.54, 1.807) is 0 Å². The van der Waals surface area contributed by atoms with Crippen LogP contribution in [0.25, 0.3) is 0 Å². The van der Waals surface area contributed by atoms with E-state index in [4.69, 9.17) is 23.1 Å². The molecule has 0 saturated heterocycles. The van der Waals surface area contributed by atoms with Crippen molar-refractivity contribution in [2.24, 2.45) is 5.73 Å². The molecule has 0 fully saturated rings. The molecule has 3 nitrogen and oxygen atoms in total. The smallest absolute Gasteiger partial charge is 0.321 e. The molecular formula is C10H11NO2S2. The van der Waals surface area contributed by atoms with Gasteiger partial charge >= 0.3 is 5.97 Å². The molecule has 1 aromatic rings. The number of carboxylic acid groups (broad SMARTS) is 1. The largest absolute Gasteiger partial charge is 0.480 e. The number of thioether (sulfide) groups is 1. The van der Waals surface area contributed by atoms with E-state index in [1.165, 1.54) is 11.8 Å². The van der Waals surface area contributed by atoms with E-state index in [0.717, 1.165) is 5.56 Å². The molecule has 1 aromatic carbocycles. The van der Waals surface area contributed by atoms with Crippen molar-refractivity contribution < 1.29 is 9.90 Å². The van der Waals surface area contributed by atoms with Crippen LogP contribution in [0.2, 0.25) is 0 Å². The van der Waals surface area contributed by atoms with Gasteiger partial charge in [0.05, 0.1) is 4.20 Å². The van der Waals surface area contributed by atoms with Gasteiger partial charge in [0, 0.05) is 5.75 Å². The molecule has 0 radical (unpaired) electrons. The fourth-order valence-electron chi connectivity index (χ4n) is 0.894. The Labute approximate surface area is 97.7 Å². The summed E-state index contributed by atoms with van der Waals surface area (Å²) in [5.74, 6) is -0.707. The third kappa shape index (κ3) is 3.99. The molecule has 1 unspecified atom stereocenters. The van der Waals surface area contributed by atoms with Crippen molar-refractivity contribution in [3.8, 4) is 0 Å². The molecule has 0 aromatic heterocycles. The number of nitrogens with two attached hydrogens (primary N) is 1. The van der Waals surface area contributed by atoms with Gasteiger partial charge in [-0.1, -0.05) is 42.5 Å².